The Kier molecular flexibility index (Phi) is 9.05. The molecule has 0 saturated heterocycles. The van der Waals surface area contributed by atoms with E-state index in [1.54, 1.807) is 0 Å². The molecule has 0 N–H and O–H groups in total. The molecule has 0 bridgehead atoms. The minimum Gasteiger partial charge on any atom is -0.311 e. The second-order valence-electron chi connectivity index (χ2n) is 20.7. The summed E-state index contributed by atoms with van der Waals surface area (Å²) in [4.78, 5) is 10.7. The molecule has 0 radical (unpaired) electrons. The van der Waals surface area contributed by atoms with Crippen molar-refractivity contribution in [3.8, 4) is 17.1 Å². The Balaban J connectivity index is 1.40. The predicted molar refractivity (Wildman–Crippen MR) is 266 cm³/mol. The molecule has 2 aliphatic heterocycles. The zero-order valence-electron chi connectivity index (χ0n) is 38.2. The lowest BCUT2D eigenvalue weighted by molar-refractivity contribution is 0.590. The summed E-state index contributed by atoms with van der Waals surface area (Å²) in [5, 5.41) is 0. The van der Waals surface area contributed by atoms with Crippen LogP contribution in [-0.2, 0) is 16.2 Å². The lowest BCUT2D eigenvalue weighted by Crippen LogP contribution is -2.61. The number of aromatic nitrogens is 2. The molecule has 10 rings (SSSR count). The van der Waals surface area contributed by atoms with Crippen LogP contribution in [0.3, 0.4) is 0 Å². The maximum absolute atomic E-state index is 5.72. The number of hydrogen-bond acceptors (Lipinski definition) is 3. The van der Waals surface area contributed by atoms with E-state index in [-0.39, 0.29) is 23.0 Å². The maximum atomic E-state index is 5.72. The van der Waals surface area contributed by atoms with Crippen molar-refractivity contribution in [3.05, 3.63) is 173 Å². The molecule has 62 heavy (non-hydrogen) atoms. The van der Waals surface area contributed by atoms with Crippen LogP contribution in [0.5, 0.6) is 0 Å². The van der Waals surface area contributed by atoms with E-state index in [1.807, 2.05) is 0 Å². The number of nitrogens with zero attached hydrogens (tertiary/aromatic N) is 4. The first-order valence-corrected chi connectivity index (χ1v) is 22.3. The second kappa shape index (κ2) is 14.1. The standard InChI is InChI=1S/C57H57BN4/c1-36-19-18-20-37(2)51(36)54-59-47-33-40(57(9,10)11)32-46-53(47)62(54)50-35-44(60(41-21-14-12-15-22-41)42-23-16-13-17-24-42)34-49-52(50)58(46)45-31-39(56(6,7)8)27-30-48(45)61(49)43-28-25-38(26-29-43)55(3,4)5/h12-35H,1-11H3. The first-order chi connectivity index (χ1) is 29.5. The van der Waals surface area contributed by atoms with Crippen molar-refractivity contribution in [2.75, 3.05) is 9.80 Å². The van der Waals surface area contributed by atoms with E-state index in [2.05, 4.69) is 236 Å². The van der Waals surface area contributed by atoms with Gasteiger partial charge in [-0.1, -0.05) is 147 Å². The number of fused-ring (bicyclic) bond motifs is 4. The molecule has 1 aromatic heterocycles. The number of hydrogen-bond donors (Lipinski definition) is 0. The molecule has 4 nitrogen and oxygen atoms in total. The molecule has 0 aliphatic carbocycles. The van der Waals surface area contributed by atoms with Gasteiger partial charge in [0.25, 0.3) is 6.71 Å². The average Bonchev–Trinajstić information content (AvgIpc) is 3.61. The highest BCUT2D eigenvalue weighted by Crippen LogP contribution is 2.46. The molecular weight excluding hydrogens is 751 g/mol. The molecule has 0 saturated carbocycles. The Labute approximate surface area is 369 Å². The van der Waals surface area contributed by atoms with Crippen LogP contribution in [0.2, 0.25) is 0 Å². The van der Waals surface area contributed by atoms with Crippen LogP contribution in [0.25, 0.3) is 28.1 Å². The van der Waals surface area contributed by atoms with Crippen molar-refractivity contribution in [1.82, 2.24) is 9.55 Å². The largest absolute Gasteiger partial charge is 0.311 e. The van der Waals surface area contributed by atoms with E-state index in [0.717, 1.165) is 34.1 Å². The van der Waals surface area contributed by atoms with Gasteiger partial charge in [0, 0.05) is 39.7 Å². The van der Waals surface area contributed by atoms with Gasteiger partial charge in [-0.3, -0.25) is 4.57 Å². The first-order valence-electron chi connectivity index (χ1n) is 22.3. The van der Waals surface area contributed by atoms with E-state index < -0.39 is 0 Å². The van der Waals surface area contributed by atoms with Crippen LogP contribution in [0.15, 0.2) is 146 Å². The number of rotatable bonds is 5. The van der Waals surface area contributed by atoms with Gasteiger partial charge in [0.2, 0.25) is 0 Å². The van der Waals surface area contributed by atoms with Gasteiger partial charge in [-0.15, -0.1) is 0 Å². The minimum absolute atomic E-state index is 0.0291. The number of benzene rings is 7. The summed E-state index contributed by atoms with van der Waals surface area (Å²) in [5.41, 5.74) is 21.7. The van der Waals surface area contributed by atoms with Crippen LogP contribution in [0.4, 0.5) is 34.1 Å². The van der Waals surface area contributed by atoms with Gasteiger partial charge < -0.3 is 9.80 Å². The highest BCUT2D eigenvalue weighted by molar-refractivity contribution is 7.00. The van der Waals surface area contributed by atoms with Crippen LogP contribution in [0.1, 0.15) is 90.1 Å². The highest BCUT2D eigenvalue weighted by atomic mass is 15.2. The van der Waals surface area contributed by atoms with Gasteiger partial charge in [0.15, 0.2) is 0 Å². The number of aryl methyl sites for hydroxylation is 2. The fourth-order valence-corrected chi connectivity index (χ4v) is 9.92. The third-order valence-corrected chi connectivity index (χ3v) is 13.3. The topological polar surface area (TPSA) is 24.3 Å². The second-order valence-corrected chi connectivity index (χ2v) is 20.7. The van der Waals surface area contributed by atoms with E-state index in [4.69, 9.17) is 4.98 Å². The molecule has 0 fully saturated rings. The van der Waals surface area contributed by atoms with E-state index in [0.29, 0.717) is 0 Å². The van der Waals surface area contributed by atoms with Crippen molar-refractivity contribution in [2.24, 2.45) is 0 Å². The summed E-state index contributed by atoms with van der Waals surface area (Å²) in [6.45, 7) is 25.3. The average molecular weight is 809 g/mol. The zero-order chi connectivity index (χ0) is 43.5. The predicted octanol–water partition coefficient (Wildman–Crippen LogP) is 13.3. The lowest BCUT2D eigenvalue weighted by Gasteiger charge is -2.42. The summed E-state index contributed by atoms with van der Waals surface area (Å²) < 4.78 is 2.53. The maximum Gasteiger partial charge on any atom is 0.252 e. The number of anilines is 6. The number of imidazole rings is 1. The highest BCUT2D eigenvalue weighted by Gasteiger charge is 2.44. The molecule has 308 valence electrons. The first kappa shape index (κ1) is 39.8. The van der Waals surface area contributed by atoms with Crippen LogP contribution in [-0.4, -0.2) is 16.3 Å². The Bertz CT molecular complexity index is 2970. The smallest absolute Gasteiger partial charge is 0.252 e. The zero-order valence-corrected chi connectivity index (χ0v) is 38.2. The Morgan fingerprint density at radius 3 is 1.61 bits per heavy atom. The van der Waals surface area contributed by atoms with E-state index >= 15 is 0 Å². The van der Waals surface area contributed by atoms with Crippen LogP contribution >= 0.6 is 0 Å². The third kappa shape index (κ3) is 6.39. The van der Waals surface area contributed by atoms with Gasteiger partial charge in [-0.2, -0.15) is 0 Å². The molecule has 0 spiro atoms. The Morgan fingerprint density at radius 2 is 1.03 bits per heavy atom. The van der Waals surface area contributed by atoms with Gasteiger partial charge in [-0.25, -0.2) is 4.98 Å². The van der Waals surface area contributed by atoms with Crippen LogP contribution in [0, 0.1) is 13.8 Å². The lowest BCUT2D eigenvalue weighted by atomic mass is 9.33. The normalized spacial score (nSPS) is 13.3. The Morgan fingerprint density at radius 1 is 0.484 bits per heavy atom. The third-order valence-electron chi connectivity index (χ3n) is 13.3. The molecule has 3 heterocycles. The van der Waals surface area contributed by atoms with Crippen molar-refractivity contribution in [1.29, 1.82) is 0 Å². The van der Waals surface area contributed by atoms with Gasteiger partial charge in [0.1, 0.15) is 5.82 Å². The monoisotopic (exact) mass is 808 g/mol. The van der Waals surface area contributed by atoms with Crippen molar-refractivity contribution >= 4 is 68.3 Å². The van der Waals surface area contributed by atoms with Crippen molar-refractivity contribution in [2.45, 2.75) is 92.4 Å². The molecule has 2 aliphatic rings. The fraction of sp³-hybridized carbons (Fsp3) is 0.246. The summed E-state index contributed by atoms with van der Waals surface area (Å²) in [6.07, 6.45) is 0. The molecule has 0 amide bonds. The molecule has 8 aromatic rings. The summed E-state index contributed by atoms with van der Waals surface area (Å²) >= 11 is 0. The molecule has 7 aromatic carbocycles. The summed E-state index contributed by atoms with van der Waals surface area (Å²) in [5.74, 6) is 0.988. The molecule has 0 atom stereocenters. The summed E-state index contributed by atoms with van der Waals surface area (Å²) in [6, 6.07) is 54.6. The van der Waals surface area contributed by atoms with E-state index in [9.17, 15) is 0 Å². The van der Waals surface area contributed by atoms with Crippen molar-refractivity contribution < 1.29 is 0 Å². The fourth-order valence-electron chi connectivity index (χ4n) is 9.92. The quantitative estimate of drug-likeness (QED) is 0.162. The van der Waals surface area contributed by atoms with Crippen molar-refractivity contribution in [3.63, 3.8) is 0 Å². The number of para-hydroxylation sites is 2. The summed E-state index contributed by atoms with van der Waals surface area (Å²) in [7, 11) is 0. The molecule has 5 heteroatoms. The molecular formula is C57H57BN4. The van der Waals surface area contributed by atoms with Gasteiger partial charge in [0.05, 0.1) is 16.7 Å². The molecule has 0 unspecified atom stereocenters. The SMILES string of the molecule is Cc1cccc(C)c1-c1nc2cc(C(C)(C)C)cc3c2n1-c1cc(N(c2ccccc2)c2ccccc2)cc2c1B3c1cc(C(C)(C)C)ccc1N2c1ccc(C(C)(C)C)cc1. The van der Waals surface area contributed by atoms with Gasteiger partial charge >= 0.3 is 0 Å². The minimum atomic E-state index is -0.0857. The van der Waals surface area contributed by atoms with E-state index in [1.165, 1.54) is 72.3 Å². The Hall–Kier alpha value is -6.33. The van der Waals surface area contributed by atoms with Gasteiger partial charge in [-0.05, 0) is 135 Å². The van der Waals surface area contributed by atoms with Crippen LogP contribution < -0.4 is 26.2 Å².